The van der Waals surface area contributed by atoms with Gasteiger partial charge in [0.25, 0.3) is 0 Å². The summed E-state index contributed by atoms with van der Waals surface area (Å²) in [6.07, 6.45) is 8.10. The number of nitrogens with two attached hydrogens (primary N) is 1. The second-order valence-corrected chi connectivity index (χ2v) is 12.7. The van der Waals surface area contributed by atoms with E-state index in [1.807, 2.05) is 24.3 Å². The number of benzene rings is 2. The fourth-order valence-electron chi connectivity index (χ4n) is 4.88. The number of carbonyl (C=O) groups is 3. The predicted molar refractivity (Wildman–Crippen MR) is 208 cm³/mol. The Bertz CT molecular complexity index is 1470. The highest BCUT2D eigenvalue weighted by molar-refractivity contribution is 7.99. The minimum atomic E-state index is -0.495. The maximum atomic E-state index is 12.0. The lowest BCUT2D eigenvalue weighted by Crippen LogP contribution is -2.28. The average molecular weight is 709 g/mol. The van der Waals surface area contributed by atoms with E-state index in [0.29, 0.717) is 37.4 Å². The maximum absolute atomic E-state index is 12.0. The van der Waals surface area contributed by atoms with E-state index in [2.05, 4.69) is 74.5 Å². The number of amides is 3. The van der Waals surface area contributed by atoms with E-state index >= 15 is 0 Å². The molecule has 0 atom stereocenters. The molecule has 0 bridgehead atoms. The average Bonchev–Trinajstić information content (AvgIpc) is 3.85. The van der Waals surface area contributed by atoms with Crippen molar-refractivity contribution in [3.8, 4) is 0 Å². The van der Waals surface area contributed by atoms with Crippen LogP contribution in [-0.2, 0) is 16.0 Å². The molecule has 13 heteroatoms. The van der Waals surface area contributed by atoms with Crippen molar-refractivity contribution in [2.75, 3.05) is 58.4 Å². The Kier molecular flexibility index (Phi) is 21.4. The van der Waals surface area contributed by atoms with Gasteiger partial charge in [0.15, 0.2) is 0 Å². The zero-order valence-corrected chi connectivity index (χ0v) is 30.8. The van der Waals surface area contributed by atoms with Gasteiger partial charge in [-0.2, -0.15) is 11.8 Å². The van der Waals surface area contributed by atoms with E-state index in [9.17, 15) is 14.4 Å². The molecule has 2 heterocycles. The van der Waals surface area contributed by atoms with Crippen molar-refractivity contribution < 1.29 is 19.1 Å². The Hall–Kier alpha value is -4.36. The molecule has 0 spiro atoms. The number of nitrogens with one attached hydrogen (secondary N) is 5. The van der Waals surface area contributed by atoms with Gasteiger partial charge in [-0.3, -0.25) is 9.79 Å². The van der Waals surface area contributed by atoms with E-state index in [-0.39, 0.29) is 5.91 Å². The molecule has 50 heavy (non-hydrogen) atoms. The van der Waals surface area contributed by atoms with Gasteiger partial charge in [-0.1, -0.05) is 49.7 Å². The first kappa shape index (κ1) is 41.8. The van der Waals surface area contributed by atoms with Crippen LogP contribution >= 0.6 is 11.8 Å². The molecule has 0 saturated carbocycles. The number of esters is 1. The summed E-state index contributed by atoms with van der Waals surface area (Å²) in [7, 11) is 2.84. The van der Waals surface area contributed by atoms with Crippen LogP contribution in [0, 0.1) is 0 Å². The molecule has 7 N–H and O–H groups in total. The number of H-pyrrole nitrogens is 1. The van der Waals surface area contributed by atoms with E-state index < -0.39 is 12.0 Å². The molecule has 1 aliphatic heterocycles. The Labute approximate surface area is 301 Å². The molecule has 1 aromatic heterocycles. The van der Waals surface area contributed by atoms with Crippen molar-refractivity contribution >= 4 is 58.9 Å². The van der Waals surface area contributed by atoms with Gasteiger partial charge in [0, 0.05) is 44.0 Å². The number of urea groups is 1. The topological polar surface area (TPSA) is 175 Å². The predicted octanol–water partition coefficient (Wildman–Crippen LogP) is 5.34. The zero-order valence-electron chi connectivity index (χ0n) is 29.9. The highest BCUT2D eigenvalue weighted by atomic mass is 32.2. The second kappa shape index (κ2) is 25.6. The number of amidine groups is 1. The summed E-state index contributed by atoms with van der Waals surface area (Å²) in [5, 5.41) is 13.0. The van der Waals surface area contributed by atoms with E-state index in [0.717, 1.165) is 67.5 Å². The lowest BCUT2D eigenvalue weighted by Gasteiger charge is -2.12. The molecule has 12 nitrogen and oxygen atoms in total. The van der Waals surface area contributed by atoms with E-state index in [4.69, 9.17) is 9.73 Å². The van der Waals surface area contributed by atoms with Crippen molar-refractivity contribution in [1.29, 1.82) is 0 Å². The van der Waals surface area contributed by atoms with Gasteiger partial charge in [-0.15, -0.1) is 0 Å². The Balaban J connectivity index is 0.000000748. The third-order valence-corrected chi connectivity index (χ3v) is 8.76. The number of thioether (sulfide) groups is 1. The van der Waals surface area contributed by atoms with Crippen LogP contribution in [0.1, 0.15) is 73.4 Å². The number of hydrogen-bond acceptors (Lipinski definition) is 8. The van der Waals surface area contributed by atoms with Gasteiger partial charge in [-0.05, 0) is 87.5 Å². The molecule has 2 aromatic carbocycles. The standard InChI is InChI=1S/C31H42N6O3.C4H8S.C2H6N2O/c1-4-5-13-27(38)34-19-9-17-33-18-10-20-35-30(36-21-16-23-11-7-6-8-12-23)28-25-15-14-24(31(39)40-3)22-26(25)37-29(28)32-2;1-2-4-5-3-1;1-4-2(3)5/h6-8,11-12,14-15,22,33,37H,2,4-5,9-10,13,16-21H2,1,3H3,(H,34,38)(H,35,36);1-4H2;1H3,(H3,3,4,5). The highest BCUT2D eigenvalue weighted by Crippen LogP contribution is 2.29. The number of ether oxygens (including phenoxy) is 1. The largest absolute Gasteiger partial charge is 0.465 e. The first-order valence-corrected chi connectivity index (χ1v) is 18.6. The smallest absolute Gasteiger partial charge is 0.337 e. The van der Waals surface area contributed by atoms with Crippen molar-refractivity contribution in [2.45, 2.75) is 58.3 Å². The third kappa shape index (κ3) is 16.4. The van der Waals surface area contributed by atoms with Crippen LogP contribution < -0.4 is 27.0 Å². The normalized spacial score (nSPS) is 12.2. The van der Waals surface area contributed by atoms with Gasteiger partial charge >= 0.3 is 12.0 Å². The first-order chi connectivity index (χ1) is 24.3. The van der Waals surface area contributed by atoms with Gasteiger partial charge in [0.05, 0.1) is 18.2 Å². The van der Waals surface area contributed by atoms with Crippen LogP contribution in [0.15, 0.2) is 58.5 Å². The number of aromatic amines is 1. The monoisotopic (exact) mass is 708 g/mol. The summed E-state index contributed by atoms with van der Waals surface area (Å²) >= 11 is 2.07. The molecule has 4 rings (SSSR count). The summed E-state index contributed by atoms with van der Waals surface area (Å²) in [4.78, 5) is 45.6. The molecule has 0 radical (unpaired) electrons. The van der Waals surface area contributed by atoms with Gasteiger partial charge in [0.2, 0.25) is 5.91 Å². The fraction of sp³-hybridized carbons (Fsp3) is 0.486. The number of carbonyl (C=O) groups excluding carboxylic acids is 3. The number of methoxy groups -OCH3 is 1. The maximum Gasteiger partial charge on any atom is 0.337 e. The summed E-state index contributed by atoms with van der Waals surface area (Å²) in [5.41, 5.74) is 7.84. The summed E-state index contributed by atoms with van der Waals surface area (Å²) < 4.78 is 4.87. The molecular formula is C37H56N8O4S. The van der Waals surface area contributed by atoms with Crippen LogP contribution in [0.3, 0.4) is 0 Å². The molecule has 274 valence electrons. The molecule has 1 fully saturated rings. The van der Waals surface area contributed by atoms with Crippen molar-refractivity contribution in [2.24, 2.45) is 15.7 Å². The Morgan fingerprint density at radius 3 is 2.32 bits per heavy atom. The minimum absolute atomic E-state index is 0.135. The number of unbranched alkanes of at least 4 members (excludes halogenated alkanes) is 1. The summed E-state index contributed by atoms with van der Waals surface area (Å²) in [6, 6.07) is 15.2. The molecule has 0 aliphatic carbocycles. The number of fused-ring (bicyclic) bond motifs is 1. The first-order valence-electron chi connectivity index (χ1n) is 17.4. The number of nitrogens with zero attached hydrogens (tertiary/aromatic N) is 2. The van der Waals surface area contributed by atoms with Crippen molar-refractivity contribution in [1.82, 2.24) is 26.3 Å². The van der Waals surface area contributed by atoms with Gasteiger partial charge in [0.1, 0.15) is 11.7 Å². The highest BCUT2D eigenvalue weighted by Gasteiger charge is 2.18. The van der Waals surface area contributed by atoms with Crippen LogP contribution in [0.4, 0.5) is 10.6 Å². The number of hydrogen-bond donors (Lipinski definition) is 6. The van der Waals surface area contributed by atoms with Crippen LogP contribution in [0.25, 0.3) is 10.9 Å². The van der Waals surface area contributed by atoms with Crippen molar-refractivity contribution in [3.05, 3.63) is 65.2 Å². The fourth-order valence-corrected chi connectivity index (χ4v) is 5.90. The van der Waals surface area contributed by atoms with Gasteiger partial charge in [-0.25, -0.2) is 14.6 Å². The zero-order chi connectivity index (χ0) is 36.4. The third-order valence-electron chi connectivity index (χ3n) is 7.61. The minimum Gasteiger partial charge on any atom is -0.465 e. The van der Waals surface area contributed by atoms with Gasteiger partial charge < -0.3 is 36.7 Å². The lowest BCUT2D eigenvalue weighted by molar-refractivity contribution is -0.121. The number of aromatic nitrogens is 1. The quantitative estimate of drug-likeness (QED) is 0.0475. The second-order valence-electron chi connectivity index (χ2n) is 11.5. The van der Waals surface area contributed by atoms with Crippen molar-refractivity contribution in [3.63, 3.8) is 0 Å². The van der Waals surface area contributed by atoms with Crippen LogP contribution in [-0.4, -0.2) is 93.8 Å². The molecule has 1 aliphatic rings. The number of aliphatic imine (C=N–C) groups is 2. The number of primary amides is 1. The molecule has 3 amide bonds. The summed E-state index contributed by atoms with van der Waals surface area (Å²) in [5.74, 6) is 3.91. The number of rotatable bonds is 17. The molecular weight excluding hydrogens is 653 g/mol. The van der Waals surface area contributed by atoms with E-state index in [1.165, 1.54) is 44.1 Å². The summed E-state index contributed by atoms with van der Waals surface area (Å²) in [6.45, 7) is 9.52. The lowest BCUT2D eigenvalue weighted by atomic mass is 10.1. The molecule has 1 saturated heterocycles. The van der Waals surface area contributed by atoms with Crippen LogP contribution in [0.5, 0.6) is 0 Å². The van der Waals surface area contributed by atoms with E-state index in [1.54, 1.807) is 12.1 Å². The SMILES string of the molecule is C1CCSC1.C=Nc1[nH]c2cc(C(=O)OC)ccc2c1C(=NCCCNCCCNC(=O)CCCC)NCCc1ccccc1.CNC(N)=O. The molecule has 3 aromatic rings. The molecule has 0 unspecified atom stereocenters. The Morgan fingerprint density at radius 2 is 1.70 bits per heavy atom. The Morgan fingerprint density at radius 1 is 0.980 bits per heavy atom. The van der Waals surface area contributed by atoms with Crippen LogP contribution in [0.2, 0.25) is 0 Å².